The second-order valence-corrected chi connectivity index (χ2v) is 8.67. The highest BCUT2D eigenvalue weighted by molar-refractivity contribution is 5.85. The molecule has 0 aromatic carbocycles. The topological polar surface area (TPSA) is 43.4 Å². The van der Waals surface area contributed by atoms with E-state index >= 15 is 0 Å². The van der Waals surface area contributed by atoms with Gasteiger partial charge in [-0.2, -0.15) is 0 Å². The van der Waals surface area contributed by atoms with Crippen LogP contribution in [-0.2, 0) is 14.3 Å². The fourth-order valence-corrected chi connectivity index (χ4v) is 5.61. The number of ketones is 1. The van der Waals surface area contributed by atoms with Gasteiger partial charge in [-0.15, -0.1) is 0 Å². The van der Waals surface area contributed by atoms with E-state index in [4.69, 9.17) is 4.74 Å². The molecule has 2 saturated carbocycles. The van der Waals surface area contributed by atoms with Gasteiger partial charge in [-0.3, -0.25) is 9.59 Å². The van der Waals surface area contributed by atoms with Gasteiger partial charge in [0.2, 0.25) is 0 Å². The van der Waals surface area contributed by atoms with Crippen molar-refractivity contribution in [3.63, 3.8) is 0 Å². The van der Waals surface area contributed by atoms with Gasteiger partial charge in [0.15, 0.2) is 0 Å². The standard InChI is InChI=1S/C20H30O3/c1-12-13-6-8-16-15(7-9-17(21)19(16,2)3)14(13)10-11-20(12,4)18(22)23-5/h6,12,14-16H,7-11H2,1-5H3/t12?,14?,15-,16?,20?/m1/s1. The highest BCUT2D eigenvalue weighted by Crippen LogP contribution is 2.58. The average Bonchev–Trinajstić information content (AvgIpc) is 2.53. The van der Waals surface area contributed by atoms with Gasteiger partial charge in [-0.05, 0) is 56.3 Å². The van der Waals surface area contributed by atoms with Crippen LogP contribution in [0.1, 0.15) is 59.8 Å². The highest BCUT2D eigenvalue weighted by Gasteiger charge is 2.54. The van der Waals surface area contributed by atoms with Crippen molar-refractivity contribution < 1.29 is 14.3 Å². The molecule has 3 aliphatic carbocycles. The molecule has 3 nitrogen and oxygen atoms in total. The van der Waals surface area contributed by atoms with Gasteiger partial charge >= 0.3 is 5.97 Å². The first kappa shape index (κ1) is 16.7. The summed E-state index contributed by atoms with van der Waals surface area (Å²) < 4.78 is 5.09. The van der Waals surface area contributed by atoms with E-state index in [1.54, 1.807) is 0 Å². The van der Waals surface area contributed by atoms with Crippen molar-refractivity contribution in [3.8, 4) is 0 Å². The largest absolute Gasteiger partial charge is 0.469 e. The molecule has 0 aliphatic heterocycles. The third kappa shape index (κ3) is 2.30. The summed E-state index contributed by atoms with van der Waals surface area (Å²) in [5.74, 6) is 2.20. The van der Waals surface area contributed by atoms with Gasteiger partial charge in [0.1, 0.15) is 5.78 Å². The van der Waals surface area contributed by atoms with E-state index in [0.717, 1.165) is 32.1 Å². The molecule has 2 fully saturated rings. The Balaban J connectivity index is 1.92. The van der Waals surface area contributed by atoms with E-state index in [1.165, 1.54) is 12.7 Å². The maximum Gasteiger partial charge on any atom is 0.312 e. The summed E-state index contributed by atoms with van der Waals surface area (Å²) in [5, 5.41) is 0. The van der Waals surface area contributed by atoms with E-state index in [-0.39, 0.29) is 17.3 Å². The molecule has 3 heteroatoms. The molecule has 0 N–H and O–H groups in total. The van der Waals surface area contributed by atoms with Gasteiger partial charge < -0.3 is 4.74 Å². The average molecular weight is 318 g/mol. The highest BCUT2D eigenvalue weighted by atomic mass is 16.5. The van der Waals surface area contributed by atoms with Gasteiger partial charge in [0.25, 0.3) is 0 Å². The van der Waals surface area contributed by atoms with Crippen molar-refractivity contribution in [3.05, 3.63) is 11.6 Å². The van der Waals surface area contributed by atoms with E-state index in [1.807, 2.05) is 0 Å². The number of allylic oxidation sites excluding steroid dienone is 2. The smallest absolute Gasteiger partial charge is 0.312 e. The molecular formula is C20H30O3. The number of hydrogen-bond donors (Lipinski definition) is 0. The summed E-state index contributed by atoms with van der Waals surface area (Å²) in [6.07, 6.45) is 7.03. The summed E-state index contributed by atoms with van der Waals surface area (Å²) in [4.78, 5) is 24.7. The fraction of sp³-hybridized carbons (Fsp3) is 0.800. The van der Waals surface area contributed by atoms with Crippen LogP contribution < -0.4 is 0 Å². The molecule has 0 spiro atoms. The van der Waals surface area contributed by atoms with Crippen LogP contribution in [0.5, 0.6) is 0 Å². The Hall–Kier alpha value is -1.12. The first-order valence-corrected chi connectivity index (χ1v) is 9.05. The minimum atomic E-state index is -0.399. The Morgan fingerprint density at radius 1 is 1.26 bits per heavy atom. The van der Waals surface area contributed by atoms with Gasteiger partial charge in [-0.1, -0.05) is 32.4 Å². The first-order valence-electron chi connectivity index (χ1n) is 9.05. The SMILES string of the molecule is COC(=O)C1(C)CCC2C(=CCC3[C@@H]2CCC(=O)C3(C)C)C1C. The minimum Gasteiger partial charge on any atom is -0.469 e. The zero-order valence-corrected chi connectivity index (χ0v) is 15.1. The molecule has 0 amide bonds. The Bertz CT molecular complexity index is 559. The molecule has 3 aliphatic rings. The molecule has 0 aromatic rings. The van der Waals surface area contributed by atoms with Gasteiger partial charge in [0, 0.05) is 11.8 Å². The third-order valence-corrected chi connectivity index (χ3v) is 7.50. The van der Waals surface area contributed by atoms with E-state index < -0.39 is 5.41 Å². The molecule has 0 aromatic heterocycles. The molecular weight excluding hydrogens is 288 g/mol. The van der Waals surface area contributed by atoms with Crippen molar-refractivity contribution in [2.45, 2.75) is 59.8 Å². The Morgan fingerprint density at radius 3 is 2.61 bits per heavy atom. The molecule has 0 heterocycles. The minimum absolute atomic E-state index is 0.0781. The zero-order chi connectivity index (χ0) is 17.0. The van der Waals surface area contributed by atoms with Gasteiger partial charge in [0.05, 0.1) is 12.5 Å². The molecule has 23 heavy (non-hydrogen) atoms. The van der Waals surface area contributed by atoms with Crippen LogP contribution in [0.2, 0.25) is 0 Å². The van der Waals surface area contributed by atoms with Crippen molar-refractivity contribution in [1.29, 1.82) is 0 Å². The number of hydrogen-bond acceptors (Lipinski definition) is 3. The lowest BCUT2D eigenvalue weighted by atomic mass is 9.50. The number of methoxy groups -OCH3 is 1. The molecule has 0 bridgehead atoms. The van der Waals surface area contributed by atoms with Crippen LogP contribution in [0.15, 0.2) is 11.6 Å². The Kier molecular flexibility index (Phi) is 3.97. The molecule has 0 radical (unpaired) electrons. The van der Waals surface area contributed by atoms with Crippen LogP contribution in [0.25, 0.3) is 0 Å². The molecule has 5 atom stereocenters. The Labute approximate surface area is 139 Å². The van der Waals surface area contributed by atoms with Crippen molar-refractivity contribution in [2.75, 3.05) is 7.11 Å². The number of rotatable bonds is 1. The van der Waals surface area contributed by atoms with E-state index in [0.29, 0.717) is 23.5 Å². The lowest BCUT2D eigenvalue weighted by Gasteiger charge is -2.53. The zero-order valence-electron chi connectivity index (χ0n) is 15.1. The van der Waals surface area contributed by atoms with Crippen molar-refractivity contribution in [1.82, 2.24) is 0 Å². The van der Waals surface area contributed by atoms with Crippen molar-refractivity contribution >= 4 is 11.8 Å². The van der Waals surface area contributed by atoms with Crippen LogP contribution >= 0.6 is 0 Å². The normalized spacial score (nSPS) is 42.3. The summed E-state index contributed by atoms with van der Waals surface area (Å²) in [5.41, 5.74) is 0.858. The summed E-state index contributed by atoms with van der Waals surface area (Å²) in [7, 11) is 1.49. The monoisotopic (exact) mass is 318 g/mol. The second kappa shape index (κ2) is 5.46. The maximum atomic E-state index is 12.3. The van der Waals surface area contributed by atoms with Gasteiger partial charge in [-0.25, -0.2) is 0 Å². The predicted octanol–water partition coefficient (Wildman–Crippen LogP) is 4.16. The predicted molar refractivity (Wildman–Crippen MR) is 89.7 cm³/mol. The number of esters is 1. The number of carbonyl (C=O) groups is 2. The number of ether oxygens (including phenoxy) is 1. The number of carbonyl (C=O) groups excluding carboxylic acids is 2. The molecule has 3 rings (SSSR count). The summed E-state index contributed by atoms with van der Waals surface area (Å²) >= 11 is 0. The number of fused-ring (bicyclic) bond motifs is 3. The van der Waals surface area contributed by atoms with Crippen molar-refractivity contribution in [2.24, 2.45) is 34.5 Å². The molecule has 128 valence electrons. The summed E-state index contributed by atoms with van der Waals surface area (Å²) in [6, 6.07) is 0. The second-order valence-electron chi connectivity index (χ2n) is 8.67. The fourth-order valence-electron chi connectivity index (χ4n) is 5.61. The van der Waals surface area contributed by atoms with Crippen LogP contribution in [0.3, 0.4) is 0 Å². The quantitative estimate of drug-likeness (QED) is 0.538. The Morgan fingerprint density at radius 2 is 1.96 bits per heavy atom. The molecule has 0 saturated heterocycles. The van der Waals surface area contributed by atoms with Crippen LogP contribution in [-0.4, -0.2) is 18.9 Å². The van der Waals surface area contributed by atoms with Crippen LogP contribution in [0.4, 0.5) is 0 Å². The van der Waals surface area contributed by atoms with Crippen LogP contribution in [0, 0.1) is 34.5 Å². The lowest BCUT2D eigenvalue weighted by molar-refractivity contribution is -0.156. The summed E-state index contributed by atoms with van der Waals surface area (Å²) in [6.45, 7) is 8.51. The lowest BCUT2D eigenvalue weighted by Crippen LogP contribution is -2.50. The first-order chi connectivity index (χ1) is 10.7. The third-order valence-electron chi connectivity index (χ3n) is 7.50. The number of Topliss-reactive ketones (excluding diaryl/α,β-unsaturated/α-hetero) is 1. The molecule has 4 unspecified atom stereocenters. The van der Waals surface area contributed by atoms with E-state index in [9.17, 15) is 9.59 Å². The van der Waals surface area contributed by atoms with E-state index in [2.05, 4.69) is 33.8 Å². The maximum absolute atomic E-state index is 12.3.